The molecule has 0 radical (unpaired) electrons. The minimum atomic E-state index is -0.826. The molecule has 0 bridgehead atoms. The Morgan fingerprint density at radius 2 is 1.35 bits per heavy atom. The van der Waals surface area contributed by atoms with E-state index in [0.29, 0.717) is 0 Å². The van der Waals surface area contributed by atoms with Crippen LogP contribution in [0.3, 0.4) is 0 Å². The van der Waals surface area contributed by atoms with E-state index in [2.05, 4.69) is 132 Å². The van der Waals surface area contributed by atoms with Crippen LogP contribution >= 0.6 is 24.9 Å². The van der Waals surface area contributed by atoms with Gasteiger partial charge < -0.3 is 0 Å². The summed E-state index contributed by atoms with van der Waals surface area (Å²) in [6.45, 7) is 11.6. The van der Waals surface area contributed by atoms with Crippen molar-refractivity contribution in [1.82, 2.24) is 0 Å². The van der Waals surface area contributed by atoms with E-state index in [1.807, 2.05) is 0 Å². The molecule has 0 fully saturated rings. The summed E-state index contributed by atoms with van der Waals surface area (Å²) in [7, 11) is 9.84. The van der Waals surface area contributed by atoms with Gasteiger partial charge in [-0.05, 0) is 29.7 Å². The average molecular weight is 627 g/mol. The Bertz CT molecular complexity index is 1310. The Balaban J connectivity index is 0.000000187. The van der Waals surface area contributed by atoms with Crippen LogP contribution in [-0.4, -0.2) is 11.3 Å². The summed E-state index contributed by atoms with van der Waals surface area (Å²) >= 11 is -0.826. The van der Waals surface area contributed by atoms with Crippen molar-refractivity contribution < 1.29 is 20.8 Å². The molecule has 0 N–H and O–H groups in total. The van der Waals surface area contributed by atoms with E-state index in [-0.39, 0.29) is 7.92 Å². The molecule has 0 saturated carbocycles. The van der Waals surface area contributed by atoms with E-state index in [4.69, 9.17) is 17.0 Å². The molecule has 37 heavy (non-hydrogen) atoms. The number of halogens is 2. The third kappa shape index (κ3) is 8.13. The van der Waals surface area contributed by atoms with Gasteiger partial charge in [0.15, 0.2) is 0 Å². The van der Waals surface area contributed by atoms with E-state index >= 15 is 0 Å². The molecule has 2 unspecified atom stereocenters. The fourth-order valence-corrected chi connectivity index (χ4v) is 8.12. The molecule has 5 rings (SSSR count). The van der Waals surface area contributed by atoms with Crippen molar-refractivity contribution in [2.75, 3.05) is 0 Å². The Hall–Kier alpha value is -1.23. The van der Waals surface area contributed by atoms with Crippen molar-refractivity contribution >= 4 is 51.8 Å². The van der Waals surface area contributed by atoms with E-state index in [1.54, 1.807) is 5.30 Å². The predicted octanol–water partition coefficient (Wildman–Crippen LogP) is 11.2. The maximum atomic E-state index is 4.93. The number of benzene rings is 3. The van der Waals surface area contributed by atoms with Crippen molar-refractivity contribution in [3.63, 3.8) is 0 Å². The van der Waals surface area contributed by atoms with Gasteiger partial charge in [0, 0.05) is 0 Å². The van der Waals surface area contributed by atoms with Crippen LogP contribution in [0.5, 0.6) is 0 Å². The van der Waals surface area contributed by atoms with Gasteiger partial charge in [-0.1, -0.05) is 90.6 Å². The molecule has 0 aliphatic heterocycles. The zero-order chi connectivity index (χ0) is 26.8. The van der Waals surface area contributed by atoms with E-state index in [9.17, 15) is 0 Å². The van der Waals surface area contributed by atoms with Crippen LogP contribution in [0.4, 0.5) is 0 Å². The molecule has 0 heterocycles. The fourth-order valence-electron chi connectivity index (χ4n) is 4.87. The molecule has 5 aromatic carbocycles. The van der Waals surface area contributed by atoms with Crippen LogP contribution in [0.15, 0.2) is 97.1 Å². The zero-order valence-corrected chi connectivity index (χ0v) is 27.4. The van der Waals surface area contributed by atoms with E-state index < -0.39 is 20.8 Å². The normalized spacial score (nSPS) is 13.1. The first-order valence-corrected chi connectivity index (χ1v) is 20.9. The van der Waals surface area contributed by atoms with Gasteiger partial charge in [0.05, 0.1) is 0 Å². The molecule has 0 amide bonds. The van der Waals surface area contributed by atoms with Gasteiger partial charge >= 0.3 is 37.9 Å². The van der Waals surface area contributed by atoms with Gasteiger partial charge in [0.1, 0.15) is 0 Å². The number of aryl methyl sites for hydroxylation is 1. The molecule has 0 nitrogen and oxygen atoms in total. The molecular weight excluding hydrogens is 589 g/mol. The van der Waals surface area contributed by atoms with Gasteiger partial charge in [-0.25, -0.2) is 0 Å². The molecule has 2 atom stereocenters. The first-order chi connectivity index (χ1) is 17.9. The first kappa shape index (κ1) is 30.3. The molecule has 192 valence electrons. The quantitative estimate of drug-likeness (QED) is 0.130. The zero-order valence-electron chi connectivity index (χ0n) is 22.5. The molecule has 0 aliphatic carbocycles. The van der Waals surface area contributed by atoms with Crippen LogP contribution in [0.1, 0.15) is 46.1 Å². The van der Waals surface area contributed by atoms with Crippen molar-refractivity contribution in [3.05, 3.63) is 103 Å². The summed E-state index contributed by atoms with van der Waals surface area (Å²) < 4.78 is 0. The van der Waals surface area contributed by atoms with E-state index in [0.717, 1.165) is 11.3 Å². The maximum absolute atomic E-state index is 4.93. The molecule has 5 aromatic rings. The third-order valence-corrected chi connectivity index (χ3v) is 10.5. The van der Waals surface area contributed by atoms with Crippen LogP contribution in [0.25, 0.3) is 32.7 Å². The van der Waals surface area contributed by atoms with Crippen molar-refractivity contribution in [1.29, 1.82) is 0 Å². The van der Waals surface area contributed by atoms with Gasteiger partial charge in [-0.2, -0.15) is 12.1 Å². The minimum absolute atomic E-state index is 0.0252. The first-order valence-electron chi connectivity index (χ1n) is 13.0. The van der Waals surface area contributed by atoms with Gasteiger partial charge in [0.25, 0.3) is 0 Å². The molecule has 0 aromatic heterocycles. The second-order valence-electron chi connectivity index (χ2n) is 9.54. The molecule has 4 heteroatoms. The van der Waals surface area contributed by atoms with Crippen molar-refractivity contribution in [2.24, 2.45) is 0 Å². The standard InChI is InChI=1S/C17H24P.C16H13.2ClH.Zr/c1-5-13(3)18(14(4)6-2)17-11-15-9-7-8-10-16(15)12-17;1-12-10-14-8-5-9-15(16(14)11-12)13-6-3-2-4-7-13;;;/h7-14H,5-6H2,1-4H3;2-11H,1H3;2*1H;/q2*-1;;;+4/p-2. The molecular formula is C33H37Cl2PZr. The van der Waals surface area contributed by atoms with Gasteiger partial charge in [0.2, 0.25) is 0 Å². The van der Waals surface area contributed by atoms with Crippen LogP contribution in [0.2, 0.25) is 0 Å². The Morgan fingerprint density at radius 3 is 1.97 bits per heavy atom. The summed E-state index contributed by atoms with van der Waals surface area (Å²) in [6.07, 6.45) is 2.58. The Kier molecular flexibility index (Phi) is 12.6. The SMILES string of the molecule is CCC(C)P(c1cc2ccccc2[cH-]1)C(C)CC.Cc1cc2c(-c3ccccc3)cccc2[cH-]1.[Cl][Zr+2][Cl]. The molecule has 0 saturated heterocycles. The summed E-state index contributed by atoms with van der Waals surface area (Å²) in [5.41, 5.74) is 5.60. The second-order valence-corrected chi connectivity index (χ2v) is 16.4. The topological polar surface area (TPSA) is 0 Å². The molecule has 0 spiro atoms. The summed E-state index contributed by atoms with van der Waals surface area (Å²) in [4.78, 5) is 0. The molecule has 0 aliphatic rings. The second kappa shape index (κ2) is 15.4. The Morgan fingerprint density at radius 1 is 0.757 bits per heavy atom. The van der Waals surface area contributed by atoms with Crippen LogP contribution < -0.4 is 5.30 Å². The number of hydrogen-bond acceptors (Lipinski definition) is 0. The average Bonchev–Trinajstić information content (AvgIpc) is 3.52. The van der Waals surface area contributed by atoms with E-state index in [1.165, 1.54) is 51.1 Å². The summed E-state index contributed by atoms with van der Waals surface area (Å²) in [5.74, 6) is 0. The van der Waals surface area contributed by atoms with Gasteiger partial charge in [-0.15, -0.1) is 74.9 Å². The van der Waals surface area contributed by atoms with Crippen molar-refractivity contribution in [3.8, 4) is 11.1 Å². The fraction of sp³-hybridized carbons (Fsp3) is 0.273. The van der Waals surface area contributed by atoms with Crippen LogP contribution in [0, 0.1) is 6.92 Å². The summed E-state index contributed by atoms with van der Waals surface area (Å²) in [6, 6.07) is 35.2. The third-order valence-electron chi connectivity index (χ3n) is 7.01. The predicted molar refractivity (Wildman–Crippen MR) is 167 cm³/mol. The van der Waals surface area contributed by atoms with Crippen molar-refractivity contribution in [2.45, 2.75) is 58.8 Å². The summed E-state index contributed by atoms with van der Waals surface area (Å²) in [5, 5.41) is 7.11. The number of fused-ring (bicyclic) bond motifs is 2. The monoisotopic (exact) mass is 624 g/mol. The number of hydrogen-bond donors (Lipinski definition) is 0. The number of rotatable bonds is 6. The van der Waals surface area contributed by atoms with Gasteiger partial charge in [-0.3, -0.25) is 0 Å². The Labute approximate surface area is 243 Å². The van der Waals surface area contributed by atoms with Crippen LogP contribution in [-0.2, 0) is 20.8 Å².